The van der Waals surface area contributed by atoms with Crippen molar-refractivity contribution < 1.29 is 28.5 Å². The van der Waals surface area contributed by atoms with Gasteiger partial charge in [-0.05, 0) is 43.3 Å². The lowest BCUT2D eigenvalue weighted by Gasteiger charge is -2.21. The van der Waals surface area contributed by atoms with Crippen molar-refractivity contribution in [1.82, 2.24) is 0 Å². The van der Waals surface area contributed by atoms with Gasteiger partial charge >= 0.3 is 0 Å². The molecular weight excluding hydrogens is 488 g/mol. The minimum absolute atomic E-state index is 0.169. The van der Waals surface area contributed by atoms with E-state index >= 15 is 0 Å². The van der Waals surface area contributed by atoms with Crippen molar-refractivity contribution in [2.45, 2.75) is 20.1 Å². The van der Waals surface area contributed by atoms with Gasteiger partial charge in [0.05, 0.1) is 18.8 Å². The molecule has 3 aromatic rings. The first kappa shape index (κ1) is 21.6. The molecule has 0 bridgehead atoms. The molecular formula is C26H21BrO6. The number of ether oxygens (including phenoxy) is 5. The second kappa shape index (κ2) is 9.29. The molecule has 6 nitrogen and oxygen atoms in total. The molecule has 0 N–H and O–H groups in total. The molecule has 0 saturated carbocycles. The average molecular weight is 509 g/mol. The maximum Gasteiger partial charge on any atom is 0.231 e. The lowest BCUT2D eigenvalue weighted by molar-refractivity contribution is -0.0176. The summed E-state index contributed by atoms with van der Waals surface area (Å²) in [4.78, 5) is 12.9. The Hall–Kier alpha value is -3.29. The summed E-state index contributed by atoms with van der Waals surface area (Å²) in [6.07, 6.45) is 1.71. The summed E-state index contributed by atoms with van der Waals surface area (Å²) < 4.78 is 29.5. The van der Waals surface area contributed by atoms with Crippen LogP contribution >= 0.6 is 15.9 Å². The molecule has 0 aromatic heterocycles. The number of halogens is 1. The summed E-state index contributed by atoms with van der Waals surface area (Å²) in [5.74, 6) is 2.64. The Morgan fingerprint density at radius 1 is 1.09 bits per heavy atom. The molecule has 3 aromatic carbocycles. The maximum absolute atomic E-state index is 12.9. The number of carbonyl (C=O) groups excluding carboxylic acids is 1. The zero-order valence-electron chi connectivity index (χ0n) is 17.9. The monoisotopic (exact) mass is 508 g/mol. The summed E-state index contributed by atoms with van der Waals surface area (Å²) in [5, 5.41) is 0. The van der Waals surface area contributed by atoms with E-state index in [9.17, 15) is 4.79 Å². The fraction of sp³-hybridized carbons (Fsp3) is 0.192. The van der Waals surface area contributed by atoms with Gasteiger partial charge in [0.2, 0.25) is 5.78 Å². The van der Waals surface area contributed by atoms with E-state index in [-0.39, 0.29) is 18.3 Å². The van der Waals surface area contributed by atoms with Crippen LogP contribution in [0.3, 0.4) is 0 Å². The number of fused-ring (bicyclic) bond motifs is 2. The van der Waals surface area contributed by atoms with Crippen LogP contribution in [0.15, 0.2) is 64.8 Å². The summed E-state index contributed by atoms with van der Waals surface area (Å²) in [6, 6.07) is 16.7. The summed E-state index contributed by atoms with van der Waals surface area (Å²) in [6.45, 7) is 3.48. The van der Waals surface area contributed by atoms with Crippen molar-refractivity contribution in [1.29, 1.82) is 0 Å². The molecule has 0 saturated heterocycles. The summed E-state index contributed by atoms with van der Waals surface area (Å²) >= 11 is 3.52. The van der Waals surface area contributed by atoms with Crippen LogP contribution in [0.2, 0.25) is 0 Å². The van der Waals surface area contributed by atoms with Gasteiger partial charge in [0.25, 0.3) is 0 Å². The fourth-order valence-electron chi connectivity index (χ4n) is 3.81. The first-order chi connectivity index (χ1) is 16.1. The van der Waals surface area contributed by atoms with E-state index in [1.165, 1.54) is 0 Å². The van der Waals surface area contributed by atoms with Crippen molar-refractivity contribution in [3.63, 3.8) is 0 Å². The van der Waals surface area contributed by atoms with Crippen molar-refractivity contribution in [2.24, 2.45) is 0 Å². The number of carbonyl (C=O) groups is 1. The molecule has 0 aliphatic carbocycles. The predicted molar refractivity (Wildman–Crippen MR) is 126 cm³/mol. The molecule has 7 heteroatoms. The number of hydrogen-bond donors (Lipinski definition) is 0. The average Bonchev–Trinajstić information content (AvgIpc) is 3.13. The highest BCUT2D eigenvalue weighted by atomic mass is 79.9. The quantitative estimate of drug-likeness (QED) is 0.385. The molecule has 2 heterocycles. The van der Waals surface area contributed by atoms with E-state index in [0.29, 0.717) is 42.6 Å². The van der Waals surface area contributed by atoms with Crippen LogP contribution in [-0.4, -0.2) is 19.2 Å². The standard InChI is InChI=1S/C26H21BrO6/c1-2-30-22-6-4-3-5-16(22)11-24-25(28)21-8-7-20(12-23(21)33-24)31-14-18-10-19(27)9-17-13-29-15-32-26(17)18/h3-12H,2,13-15H2,1H3/b24-11-. The zero-order chi connectivity index (χ0) is 22.8. The Bertz CT molecular complexity index is 1250. The van der Waals surface area contributed by atoms with Gasteiger partial charge in [0.15, 0.2) is 12.6 Å². The number of hydrogen-bond acceptors (Lipinski definition) is 6. The van der Waals surface area contributed by atoms with Crippen LogP contribution in [0.5, 0.6) is 23.0 Å². The SMILES string of the molecule is CCOc1ccccc1/C=C1\Oc2cc(OCc3cc(Br)cc4c3OCOC4)ccc2C1=O. The van der Waals surface area contributed by atoms with Gasteiger partial charge in [0.1, 0.15) is 29.6 Å². The van der Waals surface area contributed by atoms with E-state index in [2.05, 4.69) is 15.9 Å². The van der Waals surface area contributed by atoms with Gasteiger partial charge in [-0.1, -0.05) is 34.1 Å². The van der Waals surface area contributed by atoms with Gasteiger partial charge < -0.3 is 23.7 Å². The molecule has 0 spiro atoms. The van der Waals surface area contributed by atoms with Crippen LogP contribution in [0, 0.1) is 0 Å². The van der Waals surface area contributed by atoms with Crippen molar-refractivity contribution >= 4 is 27.8 Å². The van der Waals surface area contributed by atoms with Crippen LogP contribution < -0.4 is 18.9 Å². The van der Waals surface area contributed by atoms with Crippen LogP contribution in [0.25, 0.3) is 6.08 Å². The summed E-state index contributed by atoms with van der Waals surface area (Å²) in [5.41, 5.74) is 3.17. The molecule has 2 aliphatic rings. The van der Waals surface area contributed by atoms with E-state index in [0.717, 1.165) is 26.9 Å². The molecule has 168 valence electrons. The van der Waals surface area contributed by atoms with Crippen molar-refractivity contribution in [3.05, 3.63) is 87.1 Å². The van der Waals surface area contributed by atoms with Gasteiger partial charge in [-0.15, -0.1) is 0 Å². The Kier molecular flexibility index (Phi) is 6.07. The van der Waals surface area contributed by atoms with E-state index in [1.807, 2.05) is 43.3 Å². The Labute approximate surface area is 199 Å². The molecule has 5 rings (SSSR count). The number of allylic oxidation sites excluding steroid dienone is 1. The highest BCUT2D eigenvalue weighted by Crippen LogP contribution is 2.37. The number of rotatable bonds is 6. The van der Waals surface area contributed by atoms with Crippen molar-refractivity contribution in [2.75, 3.05) is 13.4 Å². The number of benzene rings is 3. The topological polar surface area (TPSA) is 63.2 Å². The third-order valence-electron chi connectivity index (χ3n) is 5.29. The maximum atomic E-state index is 12.9. The molecule has 2 aliphatic heterocycles. The van der Waals surface area contributed by atoms with Gasteiger partial charge in [-0.2, -0.15) is 0 Å². The van der Waals surface area contributed by atoms with Gasteiger partial charge in [-0.3, -0.25) is 4.79 Å². The minimum Gasteiger partial charge on any atom is -0.493 e. The third-order valence-corrected chi connectivity index (χ3v) is 5.75. The predicted octanol–water partition coefficient (Wildman–Crippen LogP) is 5.91. The second-order valence-corrected chi connectivity index (χ2v) is 8.44. The number of ketones is 1. The minimum atomic E-state index is -0.169. The van der Waals surface area contributed by atoms with Crippen LogP contribution in [0.1, 0.15) is 34.0 Å². The lowest BCUT2D eigenvalue weighted by atomic mass is 10.1. The zero-order valence-corrected chi connectivity index (χ0v) is 19.5. The molecule has 0 unspecified atom stereocenters. The second-order valence-electron chi connectivity index (χ2n) is 7.52. The highest BCUT2D eigenvalue weighted by Gasteiger charge is 2.28. The summed E-state index contributed by atoms with van der Waals surface area (Å²) in [7, 11) is 0. The normalized spacial score (nSPS) is 15.5. The molecule has 0 amide bonds. The molecule has 33 heavy (non-hydrogen) atoms. The Morgan fingerprint density at radius 3 is 2.85 bits per heavy atom. The van der Waals surface area contributed by atoms with E-state index in [4.69, 9.17) is 23.7 Å². The Balaban J connectivity index is 1.35. The van der Waals surface area contributed by atoms with Gasteiger partial charge in [-0.25, -0.2) is 0 Å². The molecule has 0 atom stereocenters. The largest absolute Gasteiger partial charge is 0.493 e. The smallest absolute Gasteiger partial charge is 0.231 e. The lowest BCUT2D eigenvalue weighted by Crippen LogP contribution is -2.14. The highest BCUT2D eigenvalue weighted by molar-refractivity contribution is 9.10. The Morgan fingerprint density at radius 2 is 1.97 bits per heavy atom. The number of para-hydroxylation sites is 1. The third kappa shape index (κ3) is 4.47. The fourth-order valence-corrected chi connectivity index (χ4v) is 4.36. The van der Waals surface area contributed by atoms with E-state index < -0.39 is 0 Å². The van der Waals surface area contributed by atoms with Crippen LogP contribution in [-0.2, 0) is 18.0 Å². The first-order valence-electron chi connectivity index (χ1n) is 10.6. The van der Waals surface area contributed by atoms with E-state index in [1.54, 1.807) is 24.3 Å². The molecule has 0 fully saturated rings. The molecule has 0 radical (unpaired) electrons. The first-order valence-corrected chi connectivity index (χ1v) is 11.4. The van der Waals surface area contributed by atoms with Crippen LogP contribution in [0.4, 0.5) is 0 Å². The van der Waals surface area contributed by atoms with Gasteiger partial charge in [0, 0.05) is 27.2 Å². The van der Waals surface area contributed by atoms with Crippen molar-refractivity contribution in [3.8, 4) is 23.0 Å². The number of Topliss-reactive ketones (excluding diaryl/α,β-unsaturated/α-hetero) is 1.